The Bertz CT molecular complexity index is 111. The highest BCUT2D eigenvalue weighted by molar-refractivity contribution is 5.69. The van der Waals surface area contributed by atoms with E-state index in [1.807, 2.05) is 0 Å². The van der Waals surface area contributed by atoms with Gasteiger partial charge >= 0.3 is 0 Å². The molecule has 3 heteroatoms. The van der Waals surface area contributed by atoms with Crippen LogP contribution in [0, 0.1) is 0 Å². The van der Waals surface area contributed by atoms with E-state index in [2.05, 4.69) is 4.99 Å². The fourth-order valence-electron chi connectivity index (χ4n) is 0.699. The van der Waals surface area contributed by atoms with Crippen molar-refractivity contribution in [1.82, 2.24) is 4.90 Å². The van der Waals surface area contributed by atoms with Gasteiger partial charge in [0.1, 0.15) is 0 Å². The van der Waals surface area contributed by atoms with Gasteiger partial charge in [-0.15, -0.1) is 0 Å². The van der Waals surface area contributed by atoms with Crippen LogP contribution in [0.3, 0.4) is 0 Å². The van der Waals surface area contributed by atoms with E-state index in [0.29, 0.717) is 6.54 Å². The predicted molar refractivity (Wildman–Crippen MR) is 29.5 cm³/mol. The van der Waals surface area contributed by atoms with Crippen molar-refractivity contribution >= 4 is 6.02 Å². The van der Waals surface area contributed by atoms with E-state index < -0.39 is 0 Å². The van der Waals surface area contributed by atoms with Crippen LogP contribution in [0.1, 0.15) is 6.42 Å². The zero-order valence-corrected chi connectivity index (χ0v) is 4.92. The lowest BCUT2D eigenvalue weighted by Gasteiger charge is -2.28. The first-order valence-corrected chi connectivity index (χ1v) is 2.73. The summed E-state index contributed by atoms with van der Waals surface area (Å²) in [4.78, 5) is 5.33. The quantitative estimate of drug-likeness (QED) is 0.406. The molecule has 8 heavy (non-hydrogen) atoms. The molecule has 0 radical (unpaired) electrons. The van der Waals surface area contributed by atoms with E-state index in [-0.39, 0.29) is 6.02 Å². The zero-order chi connectivity index (χ0) is 5.98. The molecule has 0 amide bonds. The van der Waals surface area contributed by atoms with Gasteiger partial charge in [-0.1, -0.05) is 0 Å². The van der Waals surface area contributed by atoms with Crippen LogP contribution >= 0.6 is 0 Å². The van der Waals surface area contributed by atoms with Crippen molar-refractivity contribution in [3.8, 4) is 0 Å². The summed E-state index contributed by atoms with van der Waals surface area (Å²) in [6.45, 7) is 1.57. The van der Waals surface area contributed by atoms with Crippen molar-refractivity contribution in [3.63, 3.8) is 0 Å². The summed E-state index contributed by atoms with van der Waals surface area (Å²) in [7, 11) is 1.77. The Morgan fingerprint density at radius 2 is 2.50 bits per heavy atom. The summed E-state index contributed by atoms with van der Waals surface area (Å²) in [5, 5.41) is 10.6. The van der Waals surface area contributed by atoms with Gasteiger partial charge in [-0.2, -0.15) is 0 Å². The SMILES string of the molecule is CN1CCCN=C1[O-]. The molecule has 1 aliphatic heterocycles. The van der Waals surface area contributed by atoms with E-state index in [4.69, 9.17) is 0 Å². The zero-order valence-electron chi connectivity index (χ0n) is 4.92. The first-order chi connectivity index (χ1) is 3.80. The first-order valence-electron chi connectivity index (χ1n) is 2.73. The first kappa shape index (κ1) is 5.41. The third kappa shape index (κ3) is 0.911. The molecule has 1 heterocycles. The second-order valence-corrected chi connectivity index (χ2v) is 1.94. The minimum absolute atomic E-state index is 0.0729. The van der Waals surface area contributed by atoms with Crippen LogP contribution in [0.15, 0.2) is 4.99 Å². The largest absolute Gasteiger partial charge is 0.846 e. The molecule has 0 aromatic rings. The normalized spacial score (nSPS) is 20.6. The Morgan fingerprint density at radius 3 is 2.88 bits per heavy atom. The Balaban J connectivity index is 2.53. The highest BCUT2D eigenvalue weighted by atomic mass is 16.3. The van der Waals surface area contributed by atoms with Gasteiger partial charge in [-0.25, -0.2) is 0 Å². The van der Waals surface area contributed by atoms with Gasteiger partial charge in [0.25, 0.3) is 0 Å². The summed E-state index contributed by atoms with van der Waals surface area (Å²) in [6, 6.07) is -0.0729. The number of rotatable bonds is 0. The standard InChI is InChI=1S/C5H10N2O/c1-7-4-2-3-6-5(7)8/h2-4H2,1H3,(H,6,8)/p-1. The van der Waals surface area contributed by atoms with Gasteiger partial charge in [-0.3, -0.25) is 4.99 Å². The fourth-order valence-corrected chi connectivity index (χ4v) is 0.699. The molecule has 0 aromatic carbocycles. The molecule has 46 valence electrons. The number of nitrogens with zero attached hydrogens (tertiary/aromatic N) is 2. The van der Waals surface area contributed by atoms with Crippen molar-refractivity contribution in [2.75, 3.05) is 20.1 Å². The summed E-state index contributed by atoms with van der Waals surface area (Å²) < 4.78 is 0. The van der Waals surface area contributed by atoms with E-state index in [1.54, 1.807) is 11.9 Å². The van der Waals surface area contributed by atoms with Crippen molar-refractivity contribution in [1.29, 1.82) is 0 Å². The molecular weight excluding hydrogens is 104 g/mol. The lowest BCUT2D eigenvalue weighted by Crippen LogP contribution is -2.40. The van der Waals surface area contributed by atoms with Crippen molar-refractivity contribution in [2.24, 2.45) is 4.99 Å². The molecule has 1 aliphatic rings. The van der Waals surface area contributed by atoms with Crippen LogP contribution in [0.4, 0.5) is 0 Å². The molecule has 0 fully saturated rings. The Hall–Kier alpha value is -0.730. The Labute approximate surface area is 48.6 Å². The maximum absolute atomic E-state index is 10.6. The van der Waals surface area contributed by atoms with E-state index in [0.717, 1.165) is 13.0 Å². The summed E-state index contributed by atoms with van der Waals surface area (Å²) in [6.07, 6.45) is 1.02. The third-order valence-corrected chi connectivity index (χ3v) is 1.23. The summed E-state index contributed by atoms with van der Waals surface area (Å²) >= 11 is 0. The molecule has 0 spiro atoms. The van der Waals surface area contributed by atoms with Crippen LogP contribution in [-0.2, 0) is 0 Å². The Morgan fingerprint density at radius 1 is 1.75 bits per heavy atom. The molecular formula is C5H9N2O-. The second kappa shape index (κ2) is 2.03. The average molecular weight is 113 g/mol. The van der Waals surface area contributed by atoms with E-state index in [9.17, 15) is 5.11 Å². The molecule has 0 saturated heterocycles. The van der Waals surface area contributed by atoms with Gasteiger partial charge in [0.2, 0.25) is 0 Å². The van der Waals surface area contributed by atoms with E-state index in [1.165, 1.54) is 0 Å². The second-order valence-electron chi connectivity index (χ2n) is 1.94. The van der Waals surface area contributed by atoms with Crippen molar-refractivity contribution in [2.45, 2.75) is 6.42 Å². The van der Waals surface area contributed by atoms with Crippen LogP contribution < -0.4 is 5.11 Å². The number of hydrogen-bond acceptors (Lipinski definition) is 3. The van der Waals surface area contributed by atoms with Crippen molar-refractivity contribution < 1.29 is 5.11 Å². The van der Waals surface area contributed by atoms with Gasteiger partial charge in [0.05, 0.1) is 0 Å². The maximum atomic E-state index is 10.6. The fraction of sp³-hybridized carbons (Fsp3) is 0.800. The minimum atomic E-state index is -0.0729. The highest BCUT2D eigenvalue weighted by Gasteiger charge is 1.99. The van der Waals surface area contributed by atoms with Crippen LogP contribution in [-0.4, -0.2) is 31.1 Å². The molecule has 0 unspecified atom stereocenters. The molecule has 0 bridgehead atoms. The molecule has 0 aromatic heterocycles. The van der Waals surface area contributed by atoms with Crippen LogP contribution in [0.2, 0.25) is 0 Å². The minimum Gasteiger partial charge on any atom is -0.846 e. The molecule has 0 atom stereocenters. The van der Waals surface area contributed by atoms with Gasteiger partial charge in [-0.05, 0) is 6.42 Å². The van der Waals surface area contributed by atoms with Crippen molar-refractivity contribution in [3.05, 3.63) is 0 Å². The summed E-state index contributed by atoms with van der Waals surface area (Å²) in [5.74, 6) is 0. The summed E-state index contributed by atoms with van der Waals surface area (Å²) in [5.41, 5.74) is 0. The molecule has 0 saturated carbocycles. The maximum Gasteiger partial charge on any atom is 0.0496 e. The van der Waals surface area contributed by atoms with Gasteiger partial charge in [0.15, 0.2) is 0 Å². The topological polar surface area (TPSA) is 38.7 Å². The number of amidine groups is 1. The number of aliphatic imine (C=N–C) groups is 1. The lowest BCUT2D eigenvalue weighted by molar-refractivity contribution is -0.235. The van der Waals surface area contributed by atoms with Gasteiger partial charge in [0, 0.05) is 26.2 Å². The van der Waals surface area contributed by atoms with Crippen LogP contribution in [0.5, 0.6) is 0 Å². The molecule has 3 nitrogen and oxygen atoms in total. The number of hydrogen-bond donors (Lipinski definition) is 0. The van der Waals surface area contributed by atoms with Crippen LogP contribution in [0.25, 0.3) is 0 Å². The molecule has 0 N–H and O–H groups in total. The Kier molecular flexibility index (Phi) is 1.37. The monoisotopic (exact) mass is 113 g/mol. The van der Waals surface area contributed by atoms with Gasteiger partial charge < -0.3 is 10.0 Å². The van der Waals surface area contributed by atoms with E-state index >= 15 is 0 Å². The third-order valence-electron chi connectivity index (χ3n) is 1.23. The molecule has 0 aliphatic carbocycles. The smallest absolute Gasteiger partial charge is 0.0496 e. The predicted octanol–water partition coefficient (Wildman–Crippen LogP) is -0.962. The highest BCUT2D eigenvalue weighted by Crippen LogP contribution is 1.94. The molecule has 1 rings (SSSR count). The average Bonchev–Trinajstić information content (AvgIpc) is 1.77. The lowest BCUT2D eigenvalue weighted by atomic mass is 10.4.